The third-order valence-corrected chi connectivity index (χ3v) is 5.49. The molecule has 0 aliphatic carbocycles. The lowest BCUT2D eigenvalue weighted by atomic mass is 9.94. The molecule has 27 heavy (non-hydrogen) atoms. The van der Waals surface area contributed by atoms with Crippen molar-refractivity contribution in [3.05, 3.63) is 57.9 Å². The van der Waals surface area contributed by atoms with Crippen LogP contribution in [0.1, 0.15) is 55.6 Å². The van der Waals surface area contributed by atoms with E-state index in [-0.39, 0.29) is 11.6 Å². The number of aromatic amines is 1. The molecule has 1 aromatic carbocycles. The van der Waals surface area contributed by atoms with Crippen molar-refractivity contribution in [1.29, 1.82) is 0 Å². The van der Waals surface area contributed by atoms with E-state index in [0.717, 1.165) is 26.1 Å². The number of aromatic carboxylic acids is 1. The summed E-state index contributed by atoms with van der Waals surface area (Å²) in [4.78, 5) is 28.8. The van der Waals surface area contributed by atoms with E-state index in [4.69, 9.17) is 0 Å². The van der Waals surface area contributed by atoms with Crippen LogP contribution in [0.25, 0.3) is 0 Å². The molecule has 6 heteroatoms. The van der Waals surface area contributed by atoms with Crippen LogP contribution in [0.4, 0.5) is 0 Å². The molecule has 6 nitrogen and oxygen atoms in total. The molecular weight excluding hydrogens is 342 g/mol. The van der Waals surface area contributed by atoms with Crippen LogP contribution in [0.5, 0.6) is 0 Å². The van der Waals surface area contributed by atoms with Gasteiger partial charge in [0.1, 0.15) is 5.69 Å². The summed E-state index contributed by atoms with van der Waals surface area (Å²) in [5.41, 5.74) is 4.35. The number of carbonyl (C=O) groups excluding carboxylic acids is 1. The van der Waals surface area contributed by atoms with Crippen molar-refractivity contribution in [2.75, 3.05) is 26.2 Å². The Hall–Kier alpha value is -2.60. The molecule has 0 spiro atoms. The Balaban J connectivity index is 1.53. The lowest BCUT2D eigenvalue weighted by Gasteiger charge is -2.17. The molecule has 1 amide bonds. The van der Waals surface area contributed by atoms with Crippen molar-refractivity contribution in [3.63, 3.8) is 0 Å². The molecule has 0 saturated carbocycles. The maximum atomic E-state index is 12.5. The van der Waals surface area contributed by atoms with Gasteiger partial charge >= 0.3 is 5.97 Å². The van der Waals surface area contributed by atoms with Gasteiger partial charge in [0, 0.05) is 25.3 Å². The zero-order valence-electron chi connectivity index (χ0n) is 16.1. The minimum Gasteiger partial charge on any atom is -0.477 e. The first-order chi connectivity index (χ1) is 12.9. The summed E-state index contributed by atoms with van der Waals surface area (Å²) in [5, 5.41) is 12.1. The third kappa shape index (κ3) is 4.06. The maximum absolute atomic E-state index is 12.5. The number of H-pyrrole nitrogens is 1. The van der Waals surface area contributed by atoms with Crippen molar-refractivity contribution in [1.82, 2.24) is 15.2 Å². The third-order valence-electron chi connectivity index (χ3n) is 5.49. The molecule has 1 aliphatic heterocycles. The highest BCUT2D eigenvalue weighted by atomic mass is 16.4. The molecule has 2 aromatic rings. The molecule has 0 bridgehead atoms. The molecule has 1 fully saturated rings. The average Bonchev–Trinajstić information content (AvgIpc) is 3.19. The molecule has 1 atom stereocenters. The van der Waals surface area contributed by atoms with Gasteiger partial charge < -0.3 is 20.3 Å². The van der Waals surface area contributed by atoms with Crippen LogP contribution >= 0.6 is 0 Å². The number of nitrogens with one attached hydrogen (secondary N) is 2. The fourth-order valence-corrected chi connectivity index (χ4v) is 4.05. The molecule has 2 heterocycles. The normalized spacial score (nSPS) is 17.2. The Morgan fingerprint density at radius 1 is 1.26 bits per heavy atom. The van der Waals surface area contributed by atoms with Gasteiger partial charge in [0.2, 0.25) is 0 Å². The summed E-state index contributed by atoms with van der Waals surface area (Å²) in [6.45, 7) is 8.92. The number of benzene rings is 1. The summed E-state index contributed by atoms with van der Waals surface area (Å²) in [5.74, 6) is -0.716. The predicted octanol–water partition coefficient (Wildman–Crippen LogP) is 2.86. The van der Waals surface area contributed by atoms with Gasteiger partial charge in [-0.3, -0.25) is 4.79 Å². The topological polar surface area (TPSA) is 85.4 Å². The van der Waals surface area contributed by atoms with Gasteiger partial charge in [-0.25, -0.2) is 4.79 Å². The van der Waals surface area contributed by atoms with Gasteiger partial charge in [-0.15, -0.1) is 0 Å². The van der Waals surface area contributed by atoms with Gasteiger partial charge in [-0.1, -0.05) is 24.3 Å². The fraction of sp³-hybridized carbons (Fsp3) is 0.429. The highest BCUT2D eigenvalue weighted by Crippen LogP contribution is 2.28. The minimum atomic E-state index is -1.05. The van der Waals surface area contributed by atoms with Crippen molar-refractivity contribution in [2.45, 2.75) is 33.1 Å². The number of carboxylic acid groups (broad SMARTS) is 1. The second-order valence-corrected chi connectivity index (χ2v) is 7.33. The zero-order chi connectivity index (χ0) is 19.6. The first kappa shape index (κ1) is 19.2. The largest absolute Gasteiger partial charge is 0.477 e. The lowest BCUT2D eigenvalue weighted by molar-refractivity contribution is 0.0690. The van der Waals surface area contributed by atoms with Gasteiger partial charge in [0.05, 0.1) is 5.56 Å². The van der Waals surface area contributed by atoms with E-state index in [9.17, 15) is 14.7 Å². The number of carbonyl (C=O) groups is 2. The summed E-state index contributed by atoms with van der Waals surface area (Å²) < 4.78 is 0. The molecule has 144 valence electrons. The Morgan fingerprint density at radius 2 is 2.00 bits per heavy atom. The Labute approximate surface area is 159 Å². The van der Waals surface area contributed by atoms with Crippen LogP contribution in [-0.2, 0) is 0 Å². The number of aromatic nitrogens is 1. The maximum Gasteiger partial charge on any atom is 0.352 e. The van der Waals surface area contributed by atoms with E-state index in [1.165, 1.54) is 11.1 Å². The average molecular weight is 369 g/mol. The first-order valence-electron chi connectivity index (χ1n) is 9.37. The zero-order valence-corrected chi connectivity index (χ0v) is 16.1. The van der Waals surface area contributed by atoms with Crippen LogP contribution < -0.4 is 5.32 Å². The molecule has 3 rings (SSSR count). The first-order valence-corrected chi connectivity index (χ1v) is 9.37. The number of aryl methyl sites for hydroxylation is 2. The molecule has 3 N–H and O–H groups in total. The van der Waals surface area contributed by atoms with Gasteiger partial charge in [-0.2, -0.15) is 0 Å². The molecular formula is C21H27N3O3. The summed E-state index contributed by atoms with van der Waals surface area (Å²) in [6, 6.07) is 8.54. The number of nitrogens with zero attached hydrogens (tertiary/aromatic N) is 1. The smallest absolute Gasteiger partial charge is 0.352 e. The predicted molar refractivity (Wildman–Crippen MR) is 105 cm³/mol. The summed E-state index contributed by atoms with van der Waals surface area (Å²) in [6.07, 6.45) is 1.14. The van der Waals surface area contributed by atoms with E-state index < -0.39 is 5.97 Å². The van der Waals surface area contributed by atoms with Crippen LogP contribution in [0.2, 0.25) is 0 Å². The second kappa shape index (κ2) is 7.96. The summed E-state index contributed by atoms with van der Waals surface area (Å²) >= 11 is 0. The number of likely N-dealkylation sites (tertiary alicyclic amines) is 1. The number of rotatable bonds is 6. The van der Waals surface area contributed by atoms with Crippen molar-refractivity contribution >= 4 is 11.9 Å². The Morgan fingerprint density at radius 3 is 2.67 bits per heavy atom. The molecule has 0 unspecified atom stereocenters. The van der Waals surface area contributed by atoms with Crippen LogP contribution in [0, 0.1) is 20.8 Å². The minimum absolute atomic E-state index is 0.0817. The monoisotopic (exact) mass is 369 g/mol. The molecule has 1 aromatic heterocycles. The Bertz CT molecular complexity index is 856. The van der Waals surface area contributed by atoms with E-state index in [1.54, 1.807) is 13.8 Å². The lowest BCUT2D eigenvalue weighted by Crippen LogP contribution is -2.34. The van der Waals surface area contributed by atoms with Gasteiger partial charge in [-0.05, 0) is 56.3 Å². The van der Waals surface area contributed by atoms with Crippen LogP contribution in [0.3, 0.4) is 0 Å². The quantitative estimate of drug-likeness (QED) is 0.731. The van der Waals surface area contributed by atoms with E-state index in [0.29, 0.717) is 29.3 Å². The molecule has 1 aliphatic rings. The Kier molecular flexibility index (Phi) is 5.65. The van der Waals surface area contributed by atoms with E-state index in [2.05, 4.69) is 46.4 Å². The highest BCUT2D eigenvalue weighted by molar-refractivity contribution is 6.00. The summed E-state index contributed by atoms with van der Waals surface area (Å²) in [7, 11) is 0. The van der Waals surface area contributed by atoms with Crippen LogP contribution in [-0.4, -0.2) is 53.0 Å². The molecule has 0 radical (unpaired) electrons. The fourth-order valence-electron chi connectivity index (χ4n) is 4.05. The van der Waals surface area contributed by atoms with Gasteiger partial charge in [0.25, 0.3) is 5.91 Å². The number of amides is 1. The van der Waals surface area contributed by atoms with E-state index >= 15 is 0 Å². The molecule has 1 saturated heterocycles. The standard InChI is InChI=1S/C21H27N3O3/c1-13-6-4-5-7-17(13)16-8-10-24(12-16)11-9-22-20(25)18-14(2)19(21(26)27)23-15(18)3/h4-7,16,23H,8-12H2,1-3H3,(H,22,25)(H,26,27)/t16-/m1/s1. The van der Waals surface area contributed by atoms with Gasteiger partial charge in [0.15, 0.2) is 0 Å². The number of hydrogen-bond donors (Lipinski definition) is 3. The highest BCUT2D eigenvalue weighted by Gasteiger charge is 2.25. The van der Waals surface area contributed by atoms with E-state index in [1.807, 2.05) is 0 Å². The van der Waals surface area contributed by atoms with Crippen molar-refractivity contribution < 1.29 is 14.7 Å². The number of carboxylic acids is 1. The van der Waals surface area contributed by atoms with Crippen molar-refractivity contribution in [3.8, 4) is 0 Å². The SMILES string of the molecule is Cc1ccccc1[C@@H]1CCN(CCNC(=O)c2c(C)[nH]c(C(=O)O)c2C)C1. The van der Waals surface area contributed by atoms with Crippen LogP contribution in [0.15, 0.2) is 24.3 Å². The second-order valence-electron chi connectivity index (χ2n) is 7.33. The number of hydrogen-bond acceptors (Lipinski definition) is 3. The van der Waals surface area contributed by atoms with Crippen molar-refractivity contribution in [2.24, 2.45) is 0 Å².